The van der Waals surface area contributed by atoms with Gasteiger partial charge < -0.3 is 24.6 Å². The number of carboxylic acid groups (broad SMARTS) is 1. The maximum absolute atomic E-state index is 11.8. The third kappa shape index (κ3) is 4.02. The van der Waals surface area contributed by atoms with Crippen LogP contribution in [0, 0.1) is 17.3 Å². The first kappa shape index (κ1) is 24.0. The topological polar surface area (TPSA) is 133 Å². The molecule has 1 amide bonds. The highest BCUT2D eigenvalue weighted by atomic mass is 16.6. The molecule has 5 rings (SSSR count). The molecular weight excluding hydrogens is 426 g/mol. The monoisotopic (exact) mass is 463 g/mol. The summed E-state index contributed by atoms with van der Waals surface area (Å²) in [6.07, 6.45) is 3.63. The number of esters is 1. The van der Waals surface area contributed by atoms with E-state index in [-0.39, 0.29) is 17.5 Å². The largest absolute Gasteiger partial charge is 0.548 e. The van der Waals surface area contributed by atoms with Crippen molar-refractivity contribution in [2.24, 2.45) is 17.3 Å². The molecule has 9 nitrogen and oxygen atoms in total. The Morgan fingerprint density at radius 1 is 1.18 bits per heavy atom. The van der Waals surface area contributed by atoms with Crippen LogP contribution in [0.4, 0.5) is 0 Å². The highest BCUT2D eigenvalue weighted by Gasteiger charge is 2.67. The minimum Gasteiger partial charge on any atom is -0.548 e. The molecule has 7 atom stereocenters. The number of hydrogen-bond donors (Lipinski definition) is 3. The second-order valence-electron chi connectivity index (χ2n) is 12.0. The highest BCUT2D eigenvalue weighted by Crippen LogP contribution is 2.49. The first-order chi connectivity index (χ1) is 15.2. The summed E-state index contributed by atoms with van der Waals surface area (Å²) in [5.74, 6) is -2.10. The van der Waals surface area contributed by atoms with Gasteiger partial charge in [-0.15, -0.1) is 0 Å². The molecule has 33 heavy (non-hydrogen) atoms. The van der Waals surface area contributed by atoms with Crippen LogP contribution in [0.3, 0.4) is 0 Å². The molecule has 4 saturated heterocycles. The van der Waals surface area contributed by atoms with Gasteiger partial charge in [-0.2, -0.15) is 0 Å². The SMILES string of the molecule is CC1(C)CCC2(C)CCC(C)(C)[NH+]=C2N1.C[C@@H](O)[C@H]1C(=O)N2[C@@H]1[C@H]1OC(=O)C[C@H]1[C@@H]2C(=O)[O-]. The third-order valence-electron chi connectivity index (χ3n) is 8.26. The predicted molar refractivity (Wildman–Crippen MR) is 116 cm³/mol. The molecule has 184 valence electrons. The summed E-state index contributed by atoms with van der Waals surface area (Å²) in [6, 6.07) is -1.65. The summed E-state index contributed by atoms with van der Waals surface area (Å²) < 4.78 is 5.09. The molecule has 0 bridgehead atoms. The normalized spacial score (nSPS) is 40.5. The number of rotatable bonds is 2. The second-order valence-corrected chi connectivity index (χ2v) is 12.0. The number of carbonyl (C=O) groups excluding carboxylic acids is 3. The standard InChI is InChI=1S/C13H24N2.C11H13NO6/c1-11(2)6-8-13(5)9-7-12(3,4)15-10(13)14-11;1-3(13)6-8-9-4(2-5(14)18-9)7(11(16)17)12(8)10(6)15/h6-9H2,1-5H3,(H,14,15);3-4,6-9,13H,2H2,1H3,(H,16,17)/t;3-,4+,6-,7-,8+,9+/m.1/s1. The zero-order valence-corrected chi connectivity index (χ0v) is 20.4. The predicted octanol–water partition coefficient (Wildman–Crippen LogP) is -1.54. The number of amidine groups is 1. The van der Waals surface area contributed by atoms with E-state index in [9.17, 15) is 24.6 Å². The highest BCUT2D eigenvalue weighted by molar-refractivity contribution is 5.93. The Labute approximate surface area is 195 Å². The number of aliphatic carboxylic acids is 1. The fraction of sp³-hybridized carbons (Fsp3) is 0.833. The molecule has 0 aliphatic carbocycles. The number of carbonyl (C=O) groups is 3. The van der Waals surface area contributed by atoms with Crippen molar-refractivity contribution in [2.75, 3.05) is 0 Å². The van der Waals surface area contributed by atoms with Crippen LogP contribution in [-0.4, -0.2) is 69.1 Å². The lowest BCUT2D eigenvalue weighted by atomic mass is 9.69. The summed E-state index contributed by atoms with van der Waals surface area (Å²) in [6.45, 7) is 13.0. The molecule has 5 aliphatic heterocycles. The van der Waals surface area contributed by atoms with Crippen LogP contribution in [0.25, 0.3) is 0 Å². The van der Waals surface area contributed by atoms with Crippen LogP contribution < -0.4 is 15.4 Å². The Balaban J connectivity index is 0.000000160. The smallest absolute Gasteiger partial charge is 0.306 e. The van der Waals surface area contributed by atoms with Crippen molar-refractivity contribution in [3.8, 4) is 0 Å². The van der Waals surface area contributed by atoms with E-state index in [1.807, 2.05) is 0 Å². The van der Waals surface area contributed by atoms with Crippen LogP contribution in [0.2, 0.25) is 0 Å². The van der Waals surface area contributed by atoms with Crippen LogP contribution in [0.15, 0.2) is 0 Å². The third-order valence-corrected chi connectivity index (χ3v) is 8.26. The molecule has 3 N–H and O–H groups in total. The second kappa shape index (κ2) is 7.68. The fourth-order valence-electron chi connectivity index (χ4n) is 6.12. The van der Waals surface area contributed by atoms with Crippen molar-refractivity contribution in [3.05, 3.63) is 0 Å². The number of aliphatic hydroxyl groups excluding tert-OH is 1. The molecule has 0 aromatic heterocycles. The van der Waals surface area contributed by atoms with Crippen molar-refractivity contribution in [3.63, 3.8) is 0 Å². The van der Waals surface area contributed by atoms with E-state index in [0.717, 1.165) is 0 Å². The average molecular weight is 464 g/mol. The van der Waals surface area contributed by atoms with Crippen LogP contribution in [0.5, 0.6) is 0 Å². The molecule has 4 fully saturated rings. The first-order valence-corrected chi connectivity index (χ1v) is 12.0. The Morgan fingerprint density at radius 3 is 2.42 bits per heavy atom. The van der Waals surface area contributed by atoms with Crippen molar-refractivity contribution >= 4 is 23.7 Å². The van der Waals surface area contributed by atoms with E-state index in [0.29, 0.717) is 5.41 Å². The van der Waals surface area contributed by atoms with E-state index in [1.165, 1.54) is 43.3 Å². The van der Waals surface area contributed by atoms with E-state index >= 15 is 0 Å². The molecule has 0 aromatic rings. The minimum atomic E-state index is -1.37. The molecule has 0 aromatic carbocycles. The molecule has 9 heteroatoms. The minimum absolute atomic E-state index is 0.0177. The van der Waals surface area contributed by atoms with Gasteiger partial charge in [-0.3, -0.25) is 19.9 Å². The van der Waals surface area contributed by atoms with Crippen molar-refractivity contribution in [1.82, 2.24) is 10.2 Å². The Morgan fingerprint density at radius 2 is 1.82 bits per heavy atom. The number of nitrogens with zero attached hydrogens (tertiary/aromatic N) is 1. The van der Waals surface area contributed by atoms with Gasteiger partial charge in [0.1, 0.15) is 6.10 Å². The number of nitrogens with one attached hydrogen (secondary N) is 2. The number of β-lactam (4-membered cyclic amide) rings is 1. The van der Waals surface area contributed by atoms with Crippen LogP contribution >= 0.6 is 0 Å². The van der Waals surface area contributed by atoms with Gasteiger partial charge in [0.2, 0.25) is 11.7 Å². The van der Waals surface area contributed by atoms with Crippen molar-refractivity contribution in [1.29, 1.82) is 0 Å². The average Bonchev–Trinajstić information content (AvgIpc) is 3.15. The number of amides is 1. The molecule has 5 aliphatic rings. The quantitative estimate of drug-likeness (QED) is 0.334. The van der Waals surface area contributed by atoms with Crippen molar-refractivity contribution < 1.29 is 34.3 Å². The number of carboxylic acids is 1. The van der Waals surface area contributed by atoms with Gasteiger partial charge in [-0.05, 0) is 67.2 Å². The summed E-state index contributed by atoms with van der Waals surface area (Å²) in [4.78, 5) is 39.1. The maximum atomic E-state index is 11.8. The molecule has 1 unspecified atom stereocenters. The Hall–Kier alpha value is -2.16. The summed E-state index contributed by atoms with van der Waals surface area (Å²) in [5.41, 5.74) is 0.898. The van der Waals surface area contributed by atoms with Gasteiger partial charge in [-0.25, -0.2) is 0 Å². The lowest BCUT2D eigenvalue weighted by Crippen LogP contribution is -2.92. The van der Waals surface area contributed by atoms with Gasteiger partial charge in [0.15, 0.2) is 0 Å². The van der Waals surface area contributed by atoms with Crippen molar-refractivity contribution in [2.45, 2.75) is 109 Å². The van der Waals surface area contributed by atoms with Gasteiger partial charge >= 0.3 is 5.97 Å². The summed E-state index contributed by atoms with van der Waals surface area (Å²) >= 11 is 0. The van der Waals surface area contributed by atoms with Crippen LogP contribution in [0.1, 0.15) is 73.6 Å². The lowest BCUT2D eigenvalue weighted by Gasteiger charge is -2.47. The fourth-order valence-corrected chi connectivity index (χ4v) is 6.12. The van der Waals surface area contributed by atoms with E-state index in [4.69, 9.17) is 4.74 Å². The Kier molecular flexibility index (Phi) is 5.58. The van der Waals surface area contributed by atoms with Gasteiger partial charge in [-0.1, -0.05) is 0 Å². The zero-order valence-electron chi connectivity index (χ0n) is 20.4. The summed E-state index contributed by atoms with van der Waals surface area (Å²) in [7, 11) is 0. The number of fused-ring (bicyclic) bond motifs is 4. The molecular formula is C24H37N3O6. The van der Waals surface area contributed by atoms with E-state index in [2.05, 4.69) is 44.9 Å². The number of aliphatic hydroxyl groups is 1. The lowest BCUT2D eigenvalue weighted by molar-refractivity contribution is -0.559. The first-order valence-electron chi connectivity index (χ1n) is 12.0. The van der Waals surface area contributed by atoms with E-state index < -0.39 is 54.0 Å². The van der Waals surface area contributed by atoms with Gasteiger partial charge in [0.05, 0.1) is 53.0 Å². The number of hydrogen-bond acceptors (Lipinski definition) is 7. The maximum Gasteiger partial charge on any atom is 0.306 e. The zero-order chi connectivity index (χ0) is 24.5. The van der Waals surface area contributed by atoms with Gasteiger partial charge in [0.25, 0.3) is 0 Å². The summed E-state index contributed by atoms with van der Waals surface area (Å²) in [5, 5.41) is 24.4. The number of piperidine rings is 1. The molecule has 0 saturated carbocycles. The van der Waals surface area contributed by atoms with Crippen LogP contribution in [-0.2, 0) is 19.1 Å². The van der Waals surface area contributed by atoms with E-state index in [1.54, 1.807) is 0 Å². The van der Waals surface area contributed by atoms with Gasteiger partial charge in [0, 0.05) is 5.92 Å². The molecule has 5 heterocycles. The Bertz CT molecular complexity index is 897. The number of ether oxygens (including phenoxy) is 1. The molecule has 0 radical (unpaired) electrons. The molecule has 0 spiro atoms.